The predicted molar refractivity (Wildman–Crippen MR) is 101 cm³/mol. The molecule has 0 spiro atoms. The molecule has 0 heterocycles. The van der Waals surface area contributed by atoms with Gasteiger partial charge in [0.15, 0.2) is 0 Å². The van der Waals surface area contributed by atoms with E-state index in [1.54, 1.807) is 0 Å². The Labute approximate surface area is 154 Å². The number of rotatable bonds is 4. The van der Waals surface area contributed by atoms with E-state index in [1.165, 1.54) is 51.4 Å². The zero-order valence-electron chi connectivity index (χ0n) is 16.4. The van der Waals surface area contributed by atoms with Crippen LogP contribution in [0.25, 0.3) is 0 Å². The second-order valence-corrected chi connectivity index (χ2v) is 10.5. The lowest BCUT2D eigenvalue weighted by atomic mass is 9.44. The Balaban J connectivity index is 1.51. The number of hydrogen-bond donors (Lipinski definition) is 1. The minimum absolute atomic E-state index is 0.0304. The van der Waals surface area contributed by atoms with E-state index in [-0.39, 0.29) is 6.10 Å². The number of fused-ring (bicyclic) bond motifs is 5. The van der Waals surface area contributed by atoms with Crippen LogP contribution in [0.4, 0.5) is 0 Å². The number of carbonyl (C=O) groups excluding carboxylic acids is 1. The van der Waals surface area contributed by atoms with Gasteiger partial charge in [0.2, 0.25) is 0 Å². The molecule has 142 valence electrons. The maximum Gasteiger partial charge on any atom is 0.119 e. The van der Waals surface area contributed by atoms with Crippen LogP contribution in [0.3, 0.4) is 0 Å². The molecule has 0 amide bonds. The average Bonchev–Trinajstić information content (AvgIpc) is 2.92. The van der Waals surface area contributed by atoms with Gasteiger partial charge in [-0.2, -0.15) is 0 Å². The van der Waals surface area contributed by atoms with Crippen molar-refractivity contribution in [2.45, 2.75) is 97.0 Å². The van der Waals surface area contributed by atoms with Crippen molar-refractivity contribution in [1.29, 1.82) is 0 Å². The van der Waals surface area contributed by atoms with Gasteiger partial charge in [0, 0.05) is 6.42 Å². The summed E-state index contributed by atoms with van der Waals surface area (Å²) in [7, 11) is 0. The first-order valence-corrected chi connectivity index (χ1v) is 11.1. The number of carbonyl (C=O) groups is 1. The van der Waals surface area contributed by atoms with Crippen molar-refractivity contribution in [2.24, 2.45) is 40.4 Å². The van der Waals surface area contributed by atoms with Crippen molar-refractivity contribution < 1.29 is 9.90 Å². The summed E-state index contributed by atoms with van der Waals surface area (Å²) >= 11 is 0. The van der Waals surface area contributed by atoms with Crippen molar-refractivity contribution in [3.8, 4) is 0 Å². The second kappa shape index (κ2) is 6.66. The lowest BCUT2D eigenvalue weighted by Gasteiger charge is -2.61. The molecule has 1 N–H and O–H groups in total. The number of aliphatic hydroxyl groups is 1. The van der Waals surface area contributed by atoms with Crippen LogP contribution in [0.5, 0.6) is 0 Å². The Morgan fingerprint density at radius 3 is 2.52 bits per heavy atom. The summed E-state index contributed by atoms with van der Waals surface area (Å²) in [6.45, 7) is 5.19. The number of aliphatic hydroxyl groups excluding tert-OH is 1. The monoisotopic (exact) mass is 346 g/mol. The number of unbranched alkanes of at least 4 members (excludes halogenated alkanes) is 1. The van der Waals surface area contributed by atoms with Gasteiger partial charge in [-0.15, -0.1) is 0 Å². The first kappa shape index (κ1) is 18.0. The molecule has 0 aliphatic heterocycles. The van der Waals surface area contributed by atoms with Crippen LogP contribution in [-0.4, -0.2) is 17.5 Å². The van der Waals surface area contributed by atoms with Crippen LogP contribution in [0.15, 0.2) is 0 Å². The van der Waals surface area contributed by atoms with Gasteiger partial charge in [0.25, 0.3) is 0 Å². The largest absolute Gasteiger partial charge is 0.393 e. The highest BCUT2D eigenvalue weighted by molar-refractivity contribution is 5.48. The summed E-state index contributed by atoms with van der Waals surface area (Å²) in [6, 6.07) is 0. The zero-order valence-corrected chi connectivity index (χ0v) is 16.4. The van der Waals surface area contributed by atoms with E-state index in [0.29, 0.717) is 10.8 Å². The highest BCUT2D eigenvalue weighted by Gasteiger charge is 2.59. The van der Waals surface area contributed by atoms with E-state index in [2.05, 4.69) is 13.8 Å². The fraction of sp³-hybridized carbons (Fsp3) is 0.957. The summed E-state index contributed by atoms with van der Waals surface area (Å²) < 4.78 is 0. The summed E-state index contributed by atoms with van der Waals surface area (Å²) in [5.41, 5.74) is 1.04. The molecule has 4 aliphatic carbocycles. The molecule has 0 bridgehead atoms. The van der Waals surface area contributed by atoms with Gasteiger partial charge in [-0.1, -0.05) is 13.8 Å². The molecule has 25 heavy (non-hydrogen) atoms. The Morgan fingerprint density at radius 1 is 0.960 bits per heavy atom. The van der Waals surface area contributed by atoms with E-state index in [4.69, 9.17) is 0 Å². The third-order valence-corrected chi connectivity index (χ3v) is 9.71. The molecule has 4 aliphatic rings. The molecule has 2 nitrogen and oxygen atoms in total. The molecule has 2 heteroatoms. The van der Waals surface area contributed by atoms with Crippen molar-refractivity contribution in [3.63, 3.8) is 0 Å². The van der Waals surface area contributed by atoms with Crippen LogP contribution in [0.1, 0.15) is 90.9 Å². The molecule has 4 rings (SSSR count). The van der Waals surface area contributed by atoms with Gasteiger partial charge >= 0.3 is 0 Å². The molecule has 0 aromatic heterocycles. The SMILES string of the molecule is CC12CC[C@@H](O)CC1CCC1[C@@H]2CCC2(C)[C@@H](CCCC=O)CC[C@@H]12. The van der Waals surface area contributed by atoms with Crippen LogP contribution < -0.4 is 0 Å². The topological polar surface area (TPSA) is 37.3 Å². The Morgan fingerprint density at radius 2 is 1.72 bits per heavy atom. The van der Waals surface area contributed by atoms with Crippen molar-refractivity contribution in [3.05, 3.63) is 0 Å². The van der Waals surface area contributed by atoms with E-state index in [0.717, 1.165) is 61.6 Å². The minimum atomic E-state index is -0.0304. The lowest BCUT2D eigenvalue weighted by molar-refractivity contribution is -0.127. The average molecular weight is 347 g/mol. The normalized spacial score (nSPS) is 52.1. The molecule has 0 saturated heterocycles. The van der Waals surface area contributed by atoms with Crippen LogP contribution in [0, 0.1) is 40.4 Å². The maximum absolute atomic E-state index is 10.7. The van der Waals surface area contributed by atoms with Gasteiger partial charge in [0.05, 0.1) is 6.10 Å². The van der Waals surface area contributed by atoms with E-state index >= 15 is 0 Å². The molecular formula is C23H38O2. The minimum Gasteiger partial charge on any atom is -0.393 e. The van der Waals surface area contributed by atoms with E-state index in [9.17, 15) is 9.90 Å². The third kappa shape index (κ3) is 2.82. The standard InChI is InChI=1S/C23H38O2/c1-22-13-11-21-19(20(22)9-7-16(22)5-3-4-14-24)8-6-17-15-18(25)10-12-23(17,21)2/h14,16-21,25H,3-13,15H2,1-2H3/t16-,17?,18+,19?,20-,21-,22?,23?/m0/s1. The Hall–Kier alpha value is -0.370. The fourth-order valence-electron chi connectivity index (χ4n) is 8.27. The summed E-state index contributed by atoms with van der Waals surface area (Å²) in [4.78, 5) is 10.7. The van der Waals surface area contributed by atoms with Crippen LogP contribution in [0.2, 0.25) is 0 Å². The molecule has 0 radical (unpaired) electrons. The molecule has 0 aromatic rings. The Kier molecular flexibility index (Phi) is 4.80. The zero-order chi connectivity index (χ0) is 17.7. The number of aldehydes is 1. The van der Waals surface area contributed by atoms with E-state index < -0.39 is 0 Å². The lowest BCUT2D eigenvalue weighted by Crippen LogP contribution is -2.53. The van der Waals surface area contributed by atoms with Gasteiger partial charge in [0.1, 0.15) is 6.29 Å². The fourth-order valence-corrected chi connectivity index (χ4v) is 8.27. The maximum atomic E-state index is 10.7. The molecule has 4 saturated carbocycles. The molecule has 4 fully saturated rings. The highest BCUT2D eigenvalue weighted by atomic mass is 16.3. The van der Waals surface area contributed by atoms with Gasteiger partial charge in [-0.05, 0) is 111 Å². The smallest absolute Gasteiger partial charge is 0.119 e. The third-order valence-electron chi connectivity index (χ3n) is 9.71. The van der Waals surface area contributed by atoms with Gasteiger partial charge in [-0.25, -0.2) is 0 Å². The second-order valence-electron chi connectivity index (χ2n) is 10.5. The summed E-state index contributed by atoms with van der Waals surface area (Å²) in [5.74, 6) is 4.40. The van der Waals surface area contributed by atoms with Crippen LogP contribution >= 0.6 is 0 Å². The first-order chi connectivity index (χ1) is 12.0. The molecule has 0 aromatic carbocycles. The molecule has 4 unspecified atom stereocenters. The van der Waals surface area contributed by atoms with Gasteiger partial charge < -0.3 is 9.90 Å². The molecular weight excluding hydrogens is 308 g/mol. The van der Waals surface area contributed by atoms with E-state index in [1.807, 2.05) is 0 Å². The first-order valence-electron chi connectivity index (χ1n) is 11.1. The quantitative estimate of drug-likeness (QED) is 0.548. The van der Waals surface area contributed by atoms with Crippen molar-refractivity contribution in [1.82, 2.24) is 0 Å². The van der Waals surface area contributed by atoms with Crippen molar-refractivity contribution >= 4 is 6.29 Å². The Bertz CT molecular complexity index is 502. The van der Waals surface area contributed by atoms with Gasteiger partial charge in [-0.3, -0.25) is 0 Å². The summed E-state index contributed by atoms with van der Waals surface area (Å²) in [6.07, 6.45) is 16.0. The predicted octanol–water partition coefficient (Wildman–Crippen LogP) is 5.38. The van der Waals surface area contributed by atoms with Crippen molar-refractivity contribution in [2.75, 3.05) is 0 Å². The molecule has 8 atom stereocenters. The number of hydrogen-bond acceptors (Lipinski definition) is 2. The summed E-state index contributed by atoms with van der Waals surface area (Å²) in [5, 5.41) is 10.2. The van der Waals surface area contributed by atoms with Crippen LogP contribution in [-0.2, 0) is 4.79 Å². The highest BCUT2D eigenvalue weighted by Crippen LogP contribution is 2.67.